The summed E-state index contributed by atoms with van der Waals surface area (Å²) in [7, 11) is -3.42. The van der Waals surface area contributed by atoms with Crippen molar-refractivity contribution in [2.24, 2.45) is 16.6 Å². The molecular formula is C12H21N5O3S. The van der Waals surface area contributed by atoms with Crippen molar-refractivity contribution in [3.63, 3.8) is 0 Å². The highest BCUT2D eigenvalue weighted by Crippen LogP contribution is 2.26. The van der Waals surface area contributed by atoms with Crippen LogP contribution in [0.4, 0.5) is 0 Å². The summed E-state index contributed by atoms with van der Waals surface area (Å²) in [4.78, 5) is 4.22. The van der Waals surface area contributed by atoms with Crippen molar-refractivity contribution in [1.82, 2.24) is 15.2 Å². The van der Waals surface area contributed by atoms with Crippen molar-refractivity contribution in [1.29, 1.82) is 0 Å². The SMILES string of the molecule is NC(=NCC1CCC1)NCCNS(=O)(=O)Cc1ccon1. The summed E-state index contributed by atoms with van der Waals surface area (Å²) in [6, 6.07) is 1.52. The fourth-order valence-corrected chi connectivity index (χ4v) is 2.97. The lowest BCUT2D eigenvalue weighted by molar-refractivity contribution is 0.326. The second-order valence-electron chi connectivity index (χ2n) is 5.09. The monoisotopic (exact) mass is 315 g/mol. The first-order chi connectivity index (χ1) is 10.1. The predicted molar refractivity (Wildman–Crippen MR) is 79.0 cm³/mol. The minimum Gasteiger partial charge on any atom is -0.370 e. The fraction of sp³-hybridized carbons (Fsp3) is 0.667. The minimum atomic E-state index is -3.42. The van der Waals surface area contributed by atoms with Gasteiger partial charge in [0.15, 0.2) is 5.96 Å². The van der Waals surface area contributed by atoms with Gasteiger partial charge in [0.25, 0.3) is 0 Å². The highest BCUT2D eigenvalue weighted by Gasteiger charge is 2.16. The molecule has 1 saturated carbocycles. The number of guanidine groups is 1. The second-order valence-corrected chi connectivity index (χ2v) is 6.90. The lowest BCUT2D eigenvalue weighted by Gasteiger charge is -2.23. The topological polar surface area (TPSA) is 123 Å². The maximum Gasteiger partial charge on any atom is 0.217 e. The fourth-order valence-electron chi connectivity index (χ4n) is 1.91. The van der Waals surface area contributed by atoms with Crippen LogP contribution in [0.15, 0.2) is 21.8 Å². The number of sulfonamides is 1. The second kappa shape index (κ2) is 7.41. The minimum absolute atomic E-state index is 0.200. The van der Waals surface area contributed by atoms with E-state index in [1.54, 1.807) is 0 Å². The molecule has 1 aliphatic rings. The smallest absolute Gasteiger partial charge is 0.217 e. The Morgan fingerprint density at radius 2 is 2.29 bits per heavy atom. The quantitative estimate of drug-likeness (QED) is 0.347. The zero-order valence-electron chi connectivity index (χ0n) is 11.8. The number of nitrogens with zero attached hydrogens (tertiary/aromatic N) is 2. The third-order valence-electron chi connectivity index (χ3n) is 3.33. The molecule has 1 heterocycles. The van der Waals surface area contributed by atoms with E-state index in [-0.39, 0.29) is 12.3 Å². The Bertz CT molecular complexity index is 551. The van der Waals surface area contributed by atoms with Crippen molar-refractivity contribution < 1.29 is 12.9 Å². The van der Waals surface area contributed by atoms with E-state index in [0.29, 0.717) is 24.1 Å². The Balaban J connectivity index is 1.61. The van der Waals surface area contributed by atoms with Crippen molar-refractivity contribution in [3.05, 3.63) is 18.0 Å². The van der Waals surface area contributed by atoms with Gasteiger partial charge in [0, 0.05) is 25.7 Å². The number of hydrogen-bond acceptors (Lipinski definition) is 5. The van der Waals surface area contributed by atoms with E-state index < -0.39 is 10.0 Å². The Labute approximate surface area is 124 Å². The summed E-state index contributed by atoms with van der Waals surface area (Å²) in [6.07, 6.45) is 5.06. The number of nitrogens with two attached hydrogens (primary N) is 1. The highest BCUT2D eigenvalue weighted by molar-refractivity contribution is 7.88. The summed E-state index contributed by atoms with van der Waals surface area (Å²) in [5.41, 5.74) is 6.07. The van der Waals surface area contributed by atoms with Crippen LogP contribution in [0.25, 0.3) is 0 Å². The van der Waals surface area contributed by atoms with Crippen molar-refractivity contribution in [3.8, 4) is 0 Å². The van der Waals surface area contributed by atoms with Crippen LogP contribution in [0.5, 0.6) is 0 Å². The van der Waals surface area contributed by atoms with E-state index >= 15 is 0 Å². The number of aliphatic imine (C=N–C) groups is 1. The van der Waals surface area contributed by atoms with Crippen LogP contribution in [-0.2, 0) is 15.8 Å². The van der Waals surface area contributed by atoms with Gasteiger partial charge in [-0.3, -0.25) is 4.99 Å². The summed E-state index contributed by atoms with van der Waals surface area (Å²) in [5, 5.41) is 6.45. The number of hydrogen-bond donors (Lipinski definition) is 3. The van der Waals surface area contributed by atoms with Gasteiger partial charge in [-0.15, -0.1) is 0 Å². The lowest BCUT2D eigenvalue weighted by atomic mass is 9.86. The first kappa shape index (κ1) is 15.8. The molecule has 0 amide bonds. The van der Waals surface area contributed by atoms with Crippen LogP contribution in [0.3, 0.4) is 0 Å². The molecule has 1 aromatic rings. The van der Waals surface area contributed by atoms with Crippen LogP contribution >= 0.6 is 0 Å². The molecule has 118 valence electrons. The van der Waals surface area contributed by atoms with Crippen LogP contribution in [0.2, 0.25) is 0 Å². The Hall–Kier alpha value is -1.61. The average molecular weight is 315 g/mol. The van der Waals surface area contributed by atoms with E-state index in [1.165, 1.54) is 31.6 Å². The number of nitrogens with one attached hydrogen (secondary N) is 2. The van der Waals surface area contributed by atoms with E-state index in [0.717, 1.165) is 6.54 Å². The van der Waals surface area contributed by atoms with Gasteiger partial charge in [-0.25, -0.2) is 13.1 Å². The molecule has 9 heteroatoms. The summed E-state index contributed by atoms with van der Waals surface area (Å²) in [6.45, 7) is 1.37. The Kier molecular flexibility index (Phi) is 5.57. The van der Waals surface area contributed by atoms with Gasteiger partial charge in [0.2, 0.25) is 10.0 Å². The standard InChI is InChI=1S/C12H21N5O3S/c13-12(15-8-10-2-1-3-10)14-5-6-16-21(18,19)9-11-4-7-20-17-11/h4,7,10,16H,1-3,5-6,8-9H2,(H3,13,14,15). The summed E-state index contributed by atoms with van der Waals surface area (Å²) >= 11 is 0. The molecule has 0 bridgehead atoms. The Morgan fingerprint density at radius 1 is 1.48 bits per heavy atom. The third-order valence-corrected chi connectivity index (χ3v) is 4.65. The van der Waals surface area contributed by atoms with Crippen molar-refractivity contribution in [2.45, 2.75) is 25.0 Å². The van der Waals surface area contributed by atoms with Gasteiger partial charge in [0.05, 0.1) is 5.69 Å². The zero-order chi connectivity index (χ0) is 15.1. The molecule has 21 heavy (non-hydrogen) atoms. The normalized spacial score (nSPS) is 16.7. The largest absolute Gasteiger partial charge is 0.370 e. The molecule has 0 aromatic carbocycles. The maximum absolute atomic E-state index is 11.7. The highest BCUT2D eigenvalue weighted by atomic mass is 32.2. The summed E-state index contributed by atoms with van der Waals surface area (Å²) in [5.74, 6) is 0.818. The number of aromatic nitrogens is 1. The van der Waals surface area contributed by atoms with Gasteiger partial charge in [-0.2, -0.15) is 0 Å². The van der Waals surface area contributed by atoms with Crippen LogP contribution in [0.1, 0.15) is 25.0 Å². The van der Waals surface area contributed by atoms with Crippen LogP contribution in [-0.4, -0.2) is 39.2 Å². The van der Waals surface area contributed by atoms with E-state index in [1.807, 2.05) is 0 Å². The number of rotatable bonds is 8. The molecule has 0 unspecified atom stereocenters. The van der Waals surface area contributed by atoms with E-state index in [2.05, 4.69) is 24.7 Å². The Morgan fingerprint density at radius 3 is 2.90 bits per heavy atom. The van der Waals surface area contributed by atoms with Crippen LogP contribution in [0, 0.1) is 5.92 Å². The molecule has 0 atom stereocenters. The average Bonchev–Trinajstić information content (AvgIpc) is 2.85. The molecule has 1 fully saturated rings. The third kappa shape index (κ3) is 5.72. The zero-order valence-corrected chi connectivity index (χ0v) is 12.6. The van der Waals surface area contributed by atoms with Gasteiger partial charge in [-0.05, 0) is 18.8 Å². The molecular weight excluding hydrogens is 294 g/mol. The first-order valence-electron chi connectivity index (χ1n) is 6.95. The van der Waals surface area contributed by atoms with Crippen molar-refractivity contribution >= 4 is 16.0 Å². The molecule has 0 saturated heterocycles. The van der Waals surface area contributed by atoms with E-state index in [9.17, 15) is 8.42 Å². The van der Waals surface area contributed by atoms with Gasteiger partial charge >= 0.3 is 0 Å². The molecule has 1 aliphatic carbocycles. The predicted octanol–water partition coefficient (Wildman–Crippen LogP) is -0.202. The van der Waals surface area contributed by atoms with Gasteiger partial charge < -0.3 is 15.6 Å². The summed E-state index contributed by atoms with van der Waals surface area (Å²) < 4.78 is 30.5. The van der Waals surface area contributed by atoms with Gasteiger partial charge in [-0.1, -0.05) is 11.6 Å². The maximum atomic E-state index is 11.7. The molecule has 2 rings (SSSR count). The van der Waals surface area contributed by atoms with Crippen molar-refractivity contribution in [2.75, 3.05) is 19.6 Å². The molecule has 0 spiro atoms. The molecule has 0 aliphatic heterocycles. The molecule has 1 aromatic heterocycles. The van der Waals surface area contributed by atoms with Crippen LogP contribution < -0.4 is 15.8 Å². The molecule has 8 nitrogen and oxygen atoms in total. The van der Waals surface area contributed by atoms with Gasteiger partial charge in [0.1, 0.15) is 12.0 Å². The molecule has 0 radical (unpaired) electrons. The lowest BCUT2D eigenvalue weighted by Crippen LogP contribution is -2.39. The first-order valence-corrected chi connectivity index (χ1v) is 8.61. The van der Waals surface area contributed by atoms with E-state index in [4.69, 9.17) is 5.73 Å². The molecule has 4 N–H and O–H groups in total.